The Bertz CT molecular complexity index is 1060. The van der Waals surface area contributed by atoms with Crippen molar-refractivity contribution in [3.05, 3.63) is 47.0 Å². The molecule has 0 radical (unpaired) electrons. The summed E-state index contributed by atoms with van der Waals surface area (Å²) in [6, 6.07) is 9.74. The van der Waals surface area contributed by atoms with Crippen LogP contribution in [0.2, 0.25) is 0 Å². The summed E-state index contributed by atoms with van der Waals surface area (Å²) in [6.07, 6.45) is 5.12. The van der Waals surface area contributed by atoms with Crippen LogP contribution in [0.5, 0.6) is 17.2 Å². The van der Waals surface area contributed by atoms with Crippen LogP contribution < -0.4 is 25.3 Å². The molecule has 0 fully saturated rings. The maximum absolute atomic E-state index is 13.5. The molecule has 37 heavy (non-hydrogen) atoms. The highest BCUT2D eigenvalue weighted by Crippen LogP contribution is 2.41. The second kappa shape index (κ2) is 13.9. The first-order valence-corrected chi connectivity index (χ1v) is 13.0. The fraction of sp³-hybridized carbons (Fsp3) is 0.533. The van der Waals surface area contributed by atoms with Crippen molar-refractivity contribution in [3.8, 4) is 17.2 Å². The largest absolute Gasteiger partial charge is 0.496 e. The van der Waals surface area contributed by atoms with E-state index in [2.05, 4.69) is 33.0 Å². The van der Waals surface area contributed by atoms with Crippen molar-refractivity contribution in [2.45, 2.75) is 84.0 Å². The van der Waals surface area contributed by atoms with Crippen LogP contribution in [0.25, 0.3) is 0 Å². The fourth-order valence-corrected chi connectivity index (χ4v) is 4.58. The number of anilines is 1. The number of hydrogen-bond donors (Lipinski definition) is 2. The molecule has 2 rings (SSSR count). The Labute approximate surface area is 222 Å². The van der Waals surface area contributed by atoms with Gasteiger partial charge in [0, 0.05) is 30.2 Å². The summed E-state index contributed by atoms with van der Waals surface area (Å²) in [4.78, 5) is 24.8. The Hall–Kier alpha value is -3.22. The van der Waals surface area contributed by atoms with E-state index in [4.69, 9.17) is 19.9 Å². The highest BCUT2D eigenvalue weighted by atomic mass is 16.5. The molecule has 0 aliphatic heterocycles. The molecule has 1 unspecified atom stereocenters. The van der Waals surface area contributed by atoms with E-state index in [1.807, 2.05) is 30.3 Å². The molecule has 2 amide bonds. The van der Waals surface area contributed by atoms with Gasteiger partial charge in [0.05, 0.1) is 21.3 Å². The van der Waals surface area contributed by atoms with E-state index in [-0.39, 0.29) is 29.6 Å². The van der Waals surface area contributed by atoms with Gasteiger partial charge in [-0.2, -0.15) is 0 Å². The maximum Gasteiger partial charge on any atom is 0.224 e. The van der Waals surface area contributed by atoms with Gasteiger partial charge in [-0.25, -0.2) is 0 Å². The Morgan fingerprint density at radius 1 is 0.946 bits per heavy atom. The molecule has 0 saturated heterocycles. The quantitative estimate of drug-likeness (QED) is 0.297. The number of methoxy groups -OCH3 is 3. The Kier molecular flexibility index (Phi) is 11.3. The highest BCUT2D eigenvalue weighted by Gasteiger charge is 2.24. The molecule has 2 aromatic carbocycles. The minimum absolute atomic E-state index is 0.0579. The first kappa shape index (κ1) is 30.0. The summed E-state index contributed by atoms with van der Waals surface area (Å²) in [5.74, 6) is 1.40. The molecule has 3 N–H and O–H groups in total. The number of primary amides is 1. The van der Waals surface area contributed by atoms with Crippen molar-refractivity contribution in [1.82, 2.24) is 0 Å². The van der Waals surface area contributed by atoms with Crippen LogP contribution in [0.1, 0.15) is 88.8 Å². The Morgan fingerprint density at radius 3 is 2.16 bits per heavy atom. The van der Waals surface area contributed by atoms with Crippen molar-refractivity contribution in [2.75, 3.05) is 26.6 Å². The average Bonchev–Trinajstić information content (AvgIpc) is 2.85. The molecule has 1 atom stereocenters. The molecule has 7 nitrogen and oxygen atoms in total. The van der Waals surface area contributed by atoms with Crippen molar-refractivity contribution in [2.24, 2.45) is 5.73 Å². The molecule has 7 heteroatoms. The smallest absolute Gasteiger partial charge is 0.224 e. The number of rotatable bonds is 14. The minimum atomic E-state index is -0.343. The number of ether oxygens (including phenoxy) is 3. The fourth-order valence-electron chi connectivity index (χ4n) is 4.58. The predicted molar refractivity (Wildman–Crippen MR) is 149 cm³/mol. The lowest BCUT2D eigenvalue weighted by atomic mass is 9.84. The summed E-state index contributed by atoms with van der Waals surface area (Å²) in [5, 5.41) is 3.17. The van der Waals surface area contributed by atoms with E-state index in [9.17, 15) is 9.59 Å². The minimum Gasteiger partial charge on any atom is -0.496 e. The second-order valence-electron chi connectivity index (χ2n) is 10.5. The normalized spacial score (nSPS) is 12.1. The van der Waals surface area contributed by atoms with Crippen LogP contribution in [0.3, 0.4) is 0 Å². The number of nitrogens with one attached hydrogen (secondary N) is 1. The number of nitrogens with two attached hydrogens (primary N) is 1. The predicted octanol–water partition coefficient (Wildman–Crippen LogP) is 6.12. The highest BCUT2D eigenvalue weighted by molar-refractivity contribution is 5.92. The van der Waals surface area contributed by atoms with Crippen LogP contribution in [0, 0.1) is 0 Å². The summed E-state index contributed by atoms with van der Waals surface area (Å²) in [5.41, 5.74) is 8.87. The number of carbonyl (C=O) groups excluding carboxylic acids is 2. The third-order valence-corrected chi connectivity index (χ3v) is 6.59. The summed E-state index contributed by atoms with van der Waals surface area (Å²) in [7, 11) is 4.82. The maximum atomic E-state index is 13.5. The molecule has 0 aliphatic rings. The average molecular weight is 513 g/mol. The van der Waals surface area contributed by atoms with Crippen molar-refractivity contribution in [1.29, 1.82) is 0 Å². The van der Waals surface area contributed by atoms with Gasteiger partial charge in [-0.05, 0) is 47.4 Å². The van der Waals surface area contributed by atoms with Gasteiger partial charge >= 0.3 is 0 Å². The molecular weight excluding hydrogens is 468 g/mol. The van der Waals surface area contributed by atoms with Gasteiger partial charge in [0.25, 0.3) is 0 Å². The lowest BCUT2D eigenvalue weighted by Gasteiger charge is -2.25. The van der Waals surface area contributed by atoms with E-state index in [1.54, 1.807) is 21.3 Å². The van der Waals surface area contributed by atoms with E-state index >= 15 is 0 Å². The molecule has 204 valence electrons. The second-order valence-corrected chi connectivity index (χ2v) is 10.5. The molecule has 0 saturated carbocycles. The van der Waals surface area contributed by atoms with Crippen molar-refractivity contribution in [3.63, 3.8) is 0 Å². The van der Waals surface area contributed by atoms with Gasteiger partial charge < -0.3 is 25.3 Å². The van der Waals surface area contributed by atoms with Crippen molar-refractivity contribution >= 4 is 17.5 Å². The number of aryl methyl sites for hydroxylation is 1. The van der Waals surface area contributed by atoms with Crippen molar-refractivity contribution < 1.29 is 23.8 Å². The Balaban J connectivity index is 2.39. The molecule has 0 heterocycles. The Morgan fingerprint density at radius 2 is 1.59 bits per heavy atom. The summed E-state index contributed by atoms with van der Waals surface area (Å²) < 4.78 is 16.7. The molecular formula is C30H44N2O5. The van der Waals surface area contributed by atoms with Crippen LogP contribution in [-0.4, -0.2) is 33.1 Å². The van der Waals surface area contributed by atoms with Gasteiger partial charge in [0.1, 0.15) is 5.75 Å². The zero-order valence-corrected chi connectivity index (χ0v) is 23.5. The first-order valence-electron chi connectivity index (χ1n) is 13.0. The zero-order chi connectivity index (χ0) is 27.6. The topological polar surface area (TPSA) is 99.9 Å². The van der Waals surface area contributed by atoms with E-state index in [0.717, 1.165) is 48.1 Å². The number of carbonyl (C=O) groups is 2. The van der Waals surface area contributed by atoms with Crippen LogP contribution >= 0.6 is 0 Å². The van der Waals surface area contributed by atoms with Gasteiger partial charge in [-0.1, -0.05) is 59.1 Å². The number of amides is 2. The van der Waals surface area contributed by atoms with E-state index < -0.39 is 0 Å². The van der Waals surface area contributed by atoms with E-state index in [1.165, 1.54) is 0 Å². The third kappa shape index (κ3) is 8.69. The van der Waals surface area contributed by atoms with Crippen LogP contribution in [-0.2, 0) is 21.4 Å². The molecule has 0 bridgehead atoms. The summed E-state index contributed by atoms with van der Waals surface area (Å²) in [6.45, 7) is 8.51. The SMILES string of the molecule is CCCCCC(CC(=O)Nc1cc(CCC(N)=O)ccc1C(C)(C)C)c1cc(OC)c(OC)cc1OC. The van der Waals surface area contributed by atoms with Gasteiger partial charge in [0.15, 0.2) is 11.5 Å². The monoisotopic (exact) mass is 512 g/mol. The lowest BCUT2D eigenvalue weighted by molar-refractivity contribution is -0.118. The number of unbranched alkanes of at least 4 members (excludes halogenated alkanes) is 2. The van der Waals surface area contributed by atoms with Gasteiger partial charge in [0.2, 0.25) is 11.8 Å². The van der Waals surface area contributed by atoms with Crippen LogP contribution in [0.4, 0.5) is 5.69 Å². The zero-order valence-electron chi connectivity index (χ0n) is 23.5. The van der Waals surface area contributed by atoms with E-state index in [0.29, 0.717) is 30.1 Å². The molecule has 2 aromatic rings. The summed E-state index contributed by atoms with van der Waals surface area (Å²) >= 11 is 0. The first-order chi connectivity index (χ1) is 17.5. The molecule has 0 spiro atoms. The number of benzene rings is 2. The third-order valence-electron chi connectivity index (χ3n) is 6.59. The standard InChI is InChI=1S/C30H44N2O5/c1-8-9-10-11-21(22-18-26(36-6)27(37-7)19-25(22)35-5)17-29(34)32-24-16-20(13-15-28(31)33)12-14-23(24)30(2,3)4/h12,14,16,18-19,21H,8-11,13,15,17H2,1-7H3,(H2,31,33)(H,32,34). The molecule has 0 aliphatic carbocycles. The lowest BCUT2D eigenvalue weighted by Crippen LogP contribution is -2.21. The van der Waals surface area contributed by atoms with Gasteiger partial charge in [-0.15, -0.1) is 0 Å². The van der Waals surface area contributed by atoms with Gasteiger partial charge in [-0.3, -0.25) is 9.59 Å². The number of hydrogen-bond acceptors (Lipinski definition) is 5. The molecule has 0 aromatic heterocycles. The van der Waals surface area contributed by atoms with Crippen LogP contribution in [0.15, 0.2) is 30.3 Å².